The maximum Gasteiger partial charge on any atom is 0.336 e. The molecule has 0 spiro atoms. The SMILES string of the molecule is CCOC(=O)C1=C(C)Nc2ccnc(OC)c2C1c1ccccc1Cl. The second-order valence-corrected chi connectivity index (χ2v) is 6.03. The molecular weight excluding hydrogens is 340 g/mol. The lowest BCUT2D eigenvalue weighted by molar-refractivity contribution is -0.138. The van der Waals surface area contributed by atoms with Crippen LogP contribution in [0, 0.1) is 0 Å². The van der Waals surface area contributed by atoms with Gasteiger partial charge >= 0.3 is 5.97 Å². The number of carbonyl (C=O) groups is 1. The number of allylic oxidation sites excluding steroid dienone is 1. The lowest BCUT2D eigenvalue weighted by Crippen LogP contribution is -2.25. The fourth-order valence-electron chi connectivity index (χ4n) is 3.13. The van der Waals surface area contributed by atoms with Crippen molar-refractivity contribution < 1.29 is 14.3 Å². The number of carbonyl (C=O) groups excluding carboxylic acids is 1. The van der Waals surface area contributed by atoms with Crippen LogP contribution in [0.3, 0.4) is 0 Å². The van der Waals surface area contributed by atoms with E-state index in [1.165, 1.54) is 0 Å². The third-order valence-corrected chi connectivity index (χ3v) is 4.51. The Morgan fingerprint density at radius 3 is 2.76 bits per heavy atom. The second-order valence-electron chi connectivity index (χ2n) is 5.62. The molecule has 1 unspecified atom stereocenters. The minimum absolute atomic E-state index is 0.294. The van der Waals surface area contributed by atoms with Crippen molar-refractivity contribution in [3.05, 3.63) is 63.9 Å². The van der Waals surface area contributed by atoms with Crippen molar-refractivity contribution in [1.29, 1.82) is 0 Å². The van der Waals surface area contributed by atoms with Crippen molar-refractivity contribution in [3.63, 3.8) is 0 Å². The smallest absolute Gasteiger partial charge is 0.336 e. The molecule has 1 aromatic carbocycles. The molecule has 0 saturated heterocycles. The van der Waals surface area contributed by atoms with Crippen molar-refractivity contribution >= 4 is 23.3 Å². The quantitative estimate of drug-likeness (QED) is 0.832. The van der Waals surface area contributed by atoms with E-state index in [0.29, 0.717) is 23.1 Å². The highest BCUT2D eigenvalue weighted by Gasteiger charge is 2.36. The number of ether oxygens (including phenoxy) is 2. The molecule has 130 valence electrons. The molecule has 1 N–H and O–H groups in total. The number of methoxy groups -OCH3 is 1. The minimum Gasteiger partial charge on any atom is -0.481 e. The molecule has 1 aromatic heterocycles. The topological polar surface area (TPSA) is 60.5 Å². The first-order valence-electron chi connectivity index (χ1n) is 8.00. The third-order valence-electron chi connectivity index (χ3n) is 4.16. The van der Waals surface area contributed by atoms with Crippen LogP contribution in [0.1, 0.15) is 30.9 Å². The van der Waals surface area contributed by atoms with Gasteiger partial charge in [0.05, 0.1) is 30.8 Å². The van der Waals surface area contributed by atoms with E-state index in [1.54, 1.807) is 26.3 Å². The average molecular weight is 359 g/mol. The summed E-state index contributed by atoms with van der Waals surface area (Å²) < 4.78 is 10.7. The first kappa shape index (κ1) is 17.3. The number of rotatable bonds is 4. The van der Waals surface area contributed by atoms with Crippen molar-refractivity contribution in [3.8, 4) is 5.88 Å². The van der Waals surface area contributed by atoms with Crippen LogP contribution >= 0.6 is 11.6 Å². The maximum absolute atomic E-state index is 12.7. The van der Waals surface area contributed by atoms with Crippen LogP contribution < -0.4 is 10.1 Å². The zero-order chi connectivity index (χ0) is 18.0. The highest BCUT2D eigenvalue weighted by Crippen LogP contribution is 2.47. The molecule has 0 radical (unpaired) electrons. The van der Waals surface area contributed by atoms with Gasteiger partial charge < -0.3 is 14.8 Å². The number of pyridine rings is 1. The molecule has 2 heterocycles. The Morgan fingerprint density at radius 2 is 2.08 bits per heavy atom. The largest absolute Gasteiger partial charge is 0.481 e. The molecule has 1 atom stereocenters. The predicted octanol–water partition coefficient (Wildman–Crippen LogP) is 4.14. The summed E-state index contributed by atoms with van der Waals surface area (Å²) in [6, 6.07) is 9.31. The predicted molar refractivity (Wildman–Crippen MR) is 97.0 cm³/mol. The molecule has 3 rings (SSSR count). The van der Waals surface area contributed by atoms with E-state index in [2.05, 4.69) is 10.3 Å². The molecule has 1 aliphatic heterocycles. The summed E-state index contributed by atoms with van der Waals surface area (Å²) in [6.45, 7) is 3.93. The van der Waals surface area contributed by atoms with Gasteiger partial charge in [-0.2, -0.15) is 0 Å². The number of esters is 1. The maximum atomic E-state index is 12.7. The molecule has 0 bridgehead atoms. The molecule has 5 nitrogen and oxygen atoms in total. The summed E-state index contributed by atoms with van der Waals surface area (Å²) in [5.74, 6) is -0.356. The number of anilines is 1. The molecule has 0 fully saturated rings. The monoisotopic (exact) mass is 358 g/mol. The molecule has 0 amide bonds. The summed E-state index contributed by atoms with van der Waals surface area (Å²) in [7, 11) is 1.56. The van der Waals surface area contributed by atoms with Gasteiger partial charge in [-0.3, -0.25) is 0 Å². The number of aromatic nitrogens is 1. The van der Waals surface area contributed by atoms with Crippen LogP contribution in [0.5, 0.6) is 5.88 Å². The molecule has 6 heteroatoms. The average Bonchev–Trinajstić information content (AvgIpc) is 2.60. The third kappa shape index (κ3) is 3.07. The van der Waals surface area contributed by atoms with E-state index in [-0.39, 0.29) is 5.97 Å². The normalized spacial score (nSPS) is 16.1. The van der Waals surface area contributed by atoms with Crippen molar-refractivity contribution in [2.24, 2.45) is 0 Å². The summed E-state index contributed by atoms with van der Waals surface area (Å²) in [5, 5.41) is 3.83. The molecule has 25 heavy (non-hydrogen) atoms. The Hall–Kier alpha value is -2.53. The summed E-state index contributed by atoms with van der Waals surface area (Å²) >= 11 is 6.46. The van der Waals surface area contributed by atoms with Gasteiger partial charge in [-0.15, -0.1) is 0 Å². The van der Waals surface area contributed by atoms with Crippen LogP contribution in [0.25, 0.3) is 0 Å². The Kier molecular flexibility index (Phi) is 4.95. The number of benzene rings is 1. The van der Waals surface area contributed by atoms with Crippen LogP contribution in [0.15, 0.2) is 47.8 Å². The first-order chi connectivity index (χ1) is 12.1. The lowest BCUT2D eigenvalue weighted by atomic mass is 9.81. The summed E-state index contributed by atoms with van der Waals surface area (Å²) in [5.41, 5.74) is 3.65. The molecular formula is C19H19ClN2O3. The zero-order valence-corrected chi connectivity index (χ0v) is 15.1. The summed E-state index contributed by atoms with van der Waals surface area (Å²) in [4.78, 5) is 17.0. The minimum atomic E-state index is -0.423. The number of nitrogens with one attached hydrogen (secondary N) is 1. The Bertz CT molecular complexity index is 848. The standard InChI is InChI=1S/C19H19ClN2O3/c1-4-25-19(23)15-11(2)22-14-9-10-21-18(24-3)17(14)16(15)12-7-5-6-8-13(12)20/h5-10,16,22H,4H2,1-3H3. The van der Waals surface area contributed by atoms with Gasteiger partial charge in [-0.25, -0.2) is 9.78 Å². The van der Waals surface area contributed by atoms with Crippen molar-refractivity contribution in [2.45, 2.75) is 19.8 Å². The molecule has 0 aliphatic carbocycles. The van der Waals surface area contributed by atoms with Gasteiger partial charge in [-0.1, -0.05) is 29.8 Å². The number of halogens is 1. The van der Waals surface area contributed by atoms with E-state index >= 15 is 0 Å². The zero-order valence-electron chi connectivity index (χ0n) is 14.3. The Labute approximate surface area is 151 Å². The van der Waals surface area contributed by atoms with E-state index in [0.717, 1.165) is 22.5 Å². The van der Waals surface area contributed by atoms with Crippen molar-refractivity contribution in [1.82, 2.24) is 4.98 Å². The van der Waals surface area contributed by atoms with Crippen LogP contribution in [-0.2, 0) is 9.53 Å². The highest BCUT2D eigenvalue weighted by atomic mass is 35.5. The lowest BCUT2D eigenvalue weighted by Gasteiger charge is -2.31. The fourth-order valence-corrected chi connectivity index (χ4v) is 3.38. The van der Waals surface area contributed by atoms with Crippen molar-refractivity contribution in [2.75, 3.05) is 19.0 Å². The highest BCUT2D eigenvalue weighted by molar-refractivity contribution is 6.31. The van der Waals surface area contributed by atoms with Gasteiger partial charge in [0.2, 0.25) is 5.88 Å². The van der Waals surface area contributed by atoms with Gasteiger partial charge in [-0.05, 0) is 31.5 Å². The molecule has 1 aliphatic rings. The van der Waals surface area contributed by atoms with Gasteiger partial charge in [0, 0.05) is 22.6 Å². The fraction of sp³-hybridized carbons (Fsp3) is 0.263. The number of fused-ring (bicyclic) bond motifs is 1. The van der Waals surface area contributed by atoms with Gasteiger partial charge in [0.15, 0.2) is 0 Å². The van der Waals surface area contributed by atoms with E-state index in [9.17, 15) is 4.79 Å². The van der Waals surface area contributed by atoms with Crippen LogP contribution in [0.2, 0.25) is 5.02 Å². The second kappa shape index (κ2) is 7.15. The number of hydrogen-bond donors (Lipinski definition) is 1. The van der Waals surface area contributed by atoms with Gasteiger partial charge in [0.25, 0.3) is 0 Å². The summed E-state index contributed by atoms with van der Waals surface area (Å²) in [6.07, 6.45) is 1.66. The Balaban J connectivity index is 2.28. The number of hydrogen-bond acceptors (Lipinski definition) is 5. The molecule has 2 aromatic rings. The molecule has 0 saturated carbocycles. The van der Waals surface area contributed by atoms with Crippen LogP contribution in [0.4, 0.5) is 5.69 Å². The van der Waals surface area contributed by atoms with Gasteiger partial charge in [0.1, 0.15) is 0 Å². The Morgan fingerprint density at radius 1 is 1.32 bits per heavy atom. The van der Waals surface area contributed by atoms with E-state index < -0.39 is 5.92 Å². The van der Waals surface area contributed by atoms with E-state index in [1.807, 2.05) is 31.2 Å². The first-order valence-corrected chi connectivity index (χ1v) is 8.38. The van der Waals surface area contributed by atoms with E-state index in [4.69, 9.17) is 21.1 Å². The van der Waals surface area contributed by atoms with Crippen LogP contribution in [-0.4, -0.2) is 24.7 Å². The number of nitrogens with zero attached hydrogens (tertiary/aromatic N) is 1.